The Morgan fingerprint density at radius 2 is 1.70 bits per heavy atom. The summed E-state index contributed by atoms with van der Waals surface area (Å²) in [6.07, 6.45) is 3.58. The zero-order valence-corrected chi connectivity index (χ0v) is 15.5. The van der Waals surface area contributed by atoms with E-state index < -0.39 is 0 Å². The van der Waals surface area contributed by atoms with E-state index in [9.17, 15) is 4.79 Å². The standard InChI is InChI=1S/C22H24N4O/c1-2-26(19-13-7-4-8-14-19)21(27)20-15-17-24-22(25-20)23-16-9-12-18-10-5-3-6-11-18/h3-8,10-11,13-15,17H,2,9,12,16H2,1H3,(H,23,24,25). The van der Waals surface area contributed by atoms with Gasteiger partial charge in [0, 0.05) is 25.0 Å². The van der Waals surface area contributed by atoms with Crippen molar-refractivity contribution in [2.75, 3.05) is 23.3 Å². The summed E-state index contributed by atoms with van der Waals surface area (Å²) in [5.41, 5.74) is 2.56. The van der Waals surface area contributed by atoms with Crippen LogP contribution in [0.1, 0.15) is 29.4 Å². The molecule has 0 bridgehead atoms. The molecule has 0 fully saturated rings. The number of rotatable bonds is 8. The second-order valence-electron chi connectivity index (χ2n) is 6.17. The lowest BCUT2D eigenvalue weighted by Crippen LogP contribution is -2.31. The highest BCUT2D eigenvalue weighted by Gasteiger charge is 2.17. The van der Waals surface area contributed by atoms with Crippen molar-refractivity contribution in [3.05, 3.63) is 84.2 Å². The van der Waals surface area contributed by atoms with E-state index in [0.29, 0.717) is 18.2 Å². The predicted octanol–water partition coefficient (Wildman–Crippen LogP) is 4.19. The van der Waals surface area contributed by atoms with Gasteiger partial charge in [-0.15, -0.1) is 0 Å². The molecule has 5 heteroatoms. The van der Waals surface area contributed by atoms with Crippen molar-refractivity contribution in [2.24, 2.45) is 0 Å². The van der Waals surface area contributed by atoms with Gasteiger partial charge in [0.15, 0.2) is 0 Å². The third kappa shape index (κ3) is 5.14. The van der Waals surface area contributed by atoms with Crippen molar-refractivity contribution in [1.29, 1.82) is 0 Å². The number of carbonyl (C=O) groups is 1. The summed E-state index contributed by atoms with van der Waals surface area (Å²) in [5.74, 6) is 0.358. The topological polar surface area (TPSA) is 58.1 Å². The molecule has 0 saturated carbocycles. The maximum absolute atomic E-state index is 12.9. The molecule has 0 aliphatic heterocycles. The summed E-state index contributed by atoms with van der Waals surface area (Å²) in [6, 6.07) is 21.6. The molecule has 0 unspecified atom stereocenters. The molecule has 1 amide bonds. The number of anilines is 2. The number of nitrogens with one attached hydrogen (secondary N) is 1. The smallest absolute Gasteiger partial charge is 0.277 e. The van der Waals surface area contributed by atoms with Gasteiger partial charge in [-0.05, 0) is 43.5 Å². The van der Waals surface area contributed by atoms with Gasteiger partial charge in [0.05, 0.1) is 0 Å². The molecular weight excluding hydrogens is 336 g/mol. The van der Waals surface area contributed by atoms with Gasteiger partial charge in [0.1, 0.15) is 5.69 Å². The minimum atomic E-state index is -0.126. The normalized spacial score (nSPS) is 10.4. The maximum Gasteiger partial charge on any atom is 0.277 e. The quantitative estimate of drug-likeness (QED) is 0.612. The van der Waals surface area contributed by atoms with Gasteiger partial charge < -0.3 is 10.2 Å². The largest absolute Gasteiger partial charge is 0.354 e. The van der Waals surface area contributed by atoms with Gasteiger partial charge in [-0.25, -0.2) is 9.97 Å². The molecule has 5 nitrogen and oxygen atoms in total. The third-order valence-electron chi connectivity index (χ3n) is 4.27. The fraction of sp³-hybridized carbons (Fsp3) is 0.227. The number of aryl methyl sites for hydroxylation is 1. The van der Waals surface area contributed by atoms with Crippen LogP contribution in [0.2, 0.25) is 0 Å². The zero-order valence-electron chi connectivity index (χ0n) is 15.5. The van der Waals surface area contributed by atoms with Crippen LogP contribution in [0.15, 0.2) is 72.9 Å². The Labute approximate surface area is 160 Å². The predicted molar refractivity (Wildman–Crippen MR) is 109 cm³/mol. The number of carbonyl (C=O) groups excluding carboxylic acids is 1. The fourth-order valence-electron chi connectivity index (χ4n) is 2.89. The van der Waals surface area contributed by atoms with Crippen LogP contribution in [0.25, 0.3) is 0 Å². The van der Waals surface area contributed by atoms with Crippen LogP contribution in [0.5, 0.6) is 0 Å². The third-order valence-corrected chi connectivity index (χ3v) is 4.27. The molecule has 0 radical (unpaired) electrons. The van der Waals surface area contributed by atoms with Crippen LogP contribution >= 0.6 is 0 Å². The molecule has 1 aromatic heterocycles. The first kappa shape index (κ1) is 18.6. The minimum absolute atomic E-state index is 0.126. The van der Waals surface area contributed by atoms with Crippen molar-refractivity contribution >= 4 is 17.5 Å². The average Bonchev–Trinajstić information content (AvgIpc) is 2.73. The number of para-hydroxylation sites is 1. The highest BCUT2D eigenvalue weighted by molar-refractivity contribution is 6.04. The monoisotopic (exact) mass is 360 g/mol. The molecule has 0 atom stereocenters. The highest BCUT2D eigenvalue weighted by Crippen LogP contribution is 2.16. The van der Waals surface area contributed by atoms with Crippen LogP contribution < -0.4 is 10.2 Å². The lowest BCUT2D eigenvalue weighted by Gasteiger charge is -2.20. The Balaban J connectivity index is 1.60. The summed E-state index contributed by atoms with van der Waals surface area (Å²) in [6.45, 7) is 3.28. The first-order chi connectivity index (χ1) is 13.3. The Bertz CT molecular complexity index is 852. The van der Waals surface area contributed by atoms with Crippen molar-refractivity contribution in [3.63, 3.8) is 0 Å². The number of benzene rings is 2. The Kier molecular flexibility index (Phi) is 6.52. The molecule has 138 valence electrons. The van der Waals surface area contributed by atoms with Crippen LogP contribution in [-0.4, -0.2) is 29.0 Å². The van der Waals surface area contributed by atoms with E-state index in [1.807, 2.05) is 55.5 Å². The van der Waals surface area contributed by atoms with Gasteiger partial charge in [0.2, 0.25) is 5.95 Å². The van der Waals surface area contributed by atoms with Gasteiger partial charge in [-0.3, -0.25) is 4.79 Å². The summed E-state index contributed by atoms with van der Waals surface area (Å²) >= 11 is 0. The molecule has 0 saturated heterocycles. The number of aromatic nitrogens is 2. The van der Waals surface area contributed by atoms with Gasteiger partial charge in [-0.2, -0.15) is 0 Å². The lowest BCUT2D eigenvalue weighted by molar-refractivity contribution is 0.0983. The van der Waals surface area contributed by atoms with Crippen molar-refractivity contribution in [2.45, 2.75) is 19.8 Å². The Morgan fingerprint density at radius 1 is 1.00 bits per heavy atom. The first-order valence-electron chi connectivity index (χ1n) is 9.25. The molecular formula is C22H24N4O. The summed E-state index contributed by atoms with van der Waals surface area (Å²) in [7, 11) is 0. The lowest BCUT2D eigenvalue weighted by atomic mass is 10.1. The van der Waals surface area contributed by atoms with Crippen molar-refractivity contribution < 1.29 is 4.79 Å². The molecule has 3 aromatic rings. The van der Waals surface area contributed by atoms with Crippen LogP contribution in [0.3, 0.4) is 0 Å². The van der Waals surface area contributed by atoms with E-state index in [2.05, 4.69) is 27.4 Å². The Hall–Kier alpha value is -3.21. The van der Waals surface area contributed by atoms with Gasteiger partial charge >= 0.3 is 0 Å². The SMILES string of the molecule is CCN(C(=O)c1ccnc(NCCCc2ccccc2)n1)c1ccccc1. The molecule has 0 aliphatic carbocycles. The van der Waals surface area contributed by atoms with E-state index in [1.165, 1.54) is 5.56 Å². The Morgan fingerprint density at radius 3 is 2.41 bits per heavy atom. The van der Waals surface area contributed by atoms with E-state index in [-0.39, 0.29) is 5.91 Å². The number of hydrogen-bond donors (Lipinski definition) is 1. The van der Waals surface area contributed by atoms with E-state index in [0.717, 1.165) is 25.1 Å². The van der Waals surface area contributed by atoms with Crippen LogP contribution in [0, 0.1) is 0 Å². The van der Waals surface area contributed by atoms with Crippen LogP contribution in [0.4, 0.5) is 11.6 Å². The van der Waals surface area contributed by atoms with Crippen LogP contribution in [-0.2, 0) is 6.42 Å². The summed E-state index contributed by atoms with van der Waals surface area (Å²) in [4.78, 5) is 23.2. The minimum Gasteiger partial charge on any atom is -0.354 e. The number of nitrogens with zero attached hydrogens (tertiary/aromatic N) is 3. The number of hydrogen-bond acceptors (Lipinski definition) is 4. The molecule has 27 heavy (non-hydrogen) atoms. The molecule has 1 heterocycles. The second kappa shape index (κ2) is 9.48. The molecule has 0 spiro atoms. The van der Waals surface area contributed by atoms with Crippen molar-refractivity contribution in [1.82, 2.24) is 9.97 Å². The first-order valence-corrected chi connectivity index (χ1v) is 9.25. The van der Waals surface area contributed by atoms with E-state index >= 15 is 0 Å². The van der Waals surface area contributed by atoms with Gasteiger partial charge in [-0.1, -0.05) is 48.5 Å². The number of amides is 1. The zero-order chi connectivity index (χ0) is 18.9. The second-order valence-corrected chi connectivity index (χ2v) is 6.17. The van der Waals surface area contributed by atoms with E-state index in [1.54, 1.807) is 17.2 Å². The maximum atomic E-state index is 12.9. The van der Waals surface area contributed by atoms with Crippen molar-refractivity contribution in [3.8, 4) is 0 Å². The molecule has 1 N–H and O–H groups in total. The highest BCUT2D eigenvalue weighted by atomic mass is 16.2. The fourth-order valence-corrected chi connectivity index (χ4v) is 2.89. The summed E-state index contributed by atoms with van der Waals surface area (Å²) in [5, 5.41) is 3.21. The van der Waals surface area contributed by atoms with E-state index in [4.69, 9.17) is 0 Å². The summed E-state index contributed by atoms with van der Waals surface area (Å²) < 4.78 is 0. The molecule has 2 aromatic carbocycles. The average molecular weight is 360 g/mol. The van der Waals surface area contributed by atoms with Gasteiger partial charge in [0.25, 0.3) is 5.91 Å². The molecule has 0 aliphatic rings. The molecule has 3 rings (SSSR count).